The molecule has 0 spiro atoms. The molecular formula is C33H34N4O4. The van der Waals surface area contributed by atoms with Crippen LogP contribution in [0.3, 0.4) is 0 Å². The summed E-state index contributed by atoms with van der Waals surface area (Å²) in [4.78, 5) is 33.0. The smallest absolute Gasteiger partial charge is 0.238 e. The Hall–Kier alpha value is -3.98. The molecular weight excluding hydrogens is 516 g/mol. The third kappa shape index (κ3) is 4.92. The number of benzene rings is 3. The molecule has 0 radical (unpaired) electrons. The highest BCUT2D eigenvalue weighted by Gasteiger charge is 2.27. The second kappa shape index (κ2) is 10.8. The molecule has 2 saturated heterocycles. The lowest BCUT2D eigenvalue weighted by Gasteiger charge is -2.31. The highest BCUT2D eigenvalue weighted by molar-refractivity contribution is 6.03. The molecule has 0 saturated carbocycles. The molecule has 3 heterocycles. The Balaban J connectivity index is 1.29. The first-order valence-corrected chi connectivity index (χ1v) is 14.4. The fourth-order valence-electron chi connectivity index (χ4n) is 6.32. The van der Waals surface area contributed by atoms with Crippen molar-refractivity contribution in [1.29, 1.82) is 0 Å². The Labute approximate surface area is 239 Å². The first-order valence-electron chi connectivity index (χ1n) is 14.4. The van der Waals surface area contributed by atoms with Gasteiger partial charge < -0.3 is 24.3 Å². The van der Waals surface area contributed by atoms with Crippen molar-refractivity contribution in [2.45, 2.75) is 6.42 Å². The molecule has 0 atom stereocenters. The van der Waals surface area contributed by atoms with Gasteiger partial charge >= 0.3 is 0 Å². The summed E-state index contributed by atoms with van der Waals surface area (Å²) >= 11 is 0. The maximum absolute atomic E-state index is 13.2. The van der Waals surface area contributed by atoms with E-state index in [0.717, 1.165) is 66.1 Å². The van der Waals surface area contributed by atoms with Gasteiger partial charge in [0, 0.05) is 62.1 Å². The number of nitrogens with zero attached hydrogens (tertiary/aromatic N) is 3. The highest BCUT2D eigenvalue weighted by Crippen LogP contribution is 2.47. The molecule has 1 aromatic heterocycles. The number of carbonyl (C=O) groups excluding carboxylic acids is 1. The van der Waals surface area contributed by atoms with Crippen LogP contribution in [-0.2, 0) is 16.0 Å². The van der Waals surface area contributed by atoms with E-state index in [0.29, 0.717) is 49.7 Å². The van der Waals surface area contributed by atoms with Gasteiger partial charge in [0.2, 0.25) is 5.91 Å². The van der Waals surface area contributed by atoms with Crippen molar-refractivity contribution < 1.29 is 13.9 Å². The van der Waals surface area contributed by atoms with Crippen LogP contribution < -0.4 is 15.6 Å². The van der Waals surface area contributed by atoms with Gasteiger partial charge in [0.05, 0.1) is 25.1 Å². The third-order valence-electron chi connectivity index (χ3n) is 8.56. The molecule has 0 bridgehead atoms. The summed E-state index contributed by atoms with van der Waals surface area (Å²) < 4.78 is 12.0. The standard InChI is InChI=1S/C33H34N4O4/c1-35-11-13-36(14-12-35)21-30(39)34-28-10-9-24(27-19-22-5-2-3-6-23(22)32(27)28)25-7-4-8-26-29(38)20-31(41-33(25)26)37-15-17-40-18-16-37/h2-10,20H,11-19,21H2,1H3,(H,34,39). The second-order valence-electron chi connectivity index (χ2n) is 11.2. The molecule has 8 heteroatoms. The predicted molar refractivity (Wildman–Crippen MR) is 162 cm³/mol. The summed E-state index contributed by atoms with van der Waals surface area (Å²) in [5, 5.41) is 3.80. The van der Waals surface area contributed by atoms with Crippen molar-refractivity contribution in [3.63, 3.8) is 0 Å². The molecule has 1 N–H and O–H groups in total. The minimum absolute atomic E-state index is 0.000180. The number of likely N-dealkylation sites (N-methyl/N-ethyl adjacent to an activating group) is 1. The first kappa shape index (κ1) is 26.0. The summed E-state index contributed by atoms with van der Waals surface area (Å²) in [6.45, 7) is 6.69. The van der Waals surface area contributed by atoms with Gasteiger partial charge in [-0.05, 0) is 47.9 Å². The van der Waals surface area contributed by atoms with Crippen molar-refractivity contribution >= 4 is 28.4 Å². The van der Waals surface area contributed by atoms with Gasteiger partial charge in [0.15, 0.2) is 11.3 Å². The number of morpholine rings is 1. The van der Waals surface area contributed by atoms with Gasteiger partial charge in [-0.25, -0.2) is 0 Å². The minimum atomic E-state index is -0.0534. The lowest BCUT2D eigenvalue weighted by molar-refractivity contribution is -0.117. The average Bonchev–Trinajstić information content (AvgIpc) is 3.39. The monoisotopic (exact) mass is 550 g/mol. The molecule has 2 aliphatic heterocycles. The van der Waals surface area contributed by atoms with Crippen LogP contribution in [0.1, 0.15) is 11.1 Å². The number of para-hydroxylation sites is 1. The Morgan fingerprint density at radius 2 is 1.66 bits per heavy atom. The zero-order valence-corrected chi connectivity index (χ0v) is 23.3. The number of nitrogens with one attached hydrogen (secondary N) is 1. The molecule has 0 unspecified atom stereocenters. The van der Waals surface area contributed by atoms with E-state index in [2.05, 4.69) is 51.3 Å². The zero-order chi connectivity index (χ0) is 27.9. The van der Waals surface area contributed by atoms with Crippen LogP contribution >= 0.6 is 0 Å². The van der Waals surface area contributed by atoms with Gasteiger partial charge in [0.25, 0.3) is 0 Å². The fraction of sp³-hybridized carbons (Fsp3) is 0.333. The molecule has 210 valence electrons. The van der Waals surface area contributed by atoms with E-state index < -0.39 is 0 Å². The van der Waals surface area contributed by atoms with Crippen LogP contribution in [0.5, 0.6) is 0 Å². The molecule has 1 amide bonds. The largest absolute Gasteiger partial charge is 0.440 e. The number of anilines is 2. The highest BCUT2D eigenvalue weighted by atomic mass is 16.5. The van der Waals surface area contributed by atoms with Gasteiger partial charge in [-0.3, -0.25) is 14.5 Å². The van der Waals surface area contributed by atoms with Crippen LogP contribution in [0.4, 0.5) is 11.6 Å². The number of carbonyl (C=O) groups is 1. The van der Waals surface area contributed by atoms with Crippen LogP contribution in [0.2, 0.25) is 0 Å². The van der Waals surface area contributed by atoms with E-state index in [1.54, 1.807) is 6.07 Å². The van der Waals surface area contributed by atoms with Crippen molar-refractivity contribution in [3.05, 3.63) is 82.0 Å². The molecule has 8 nitrogen and oxygen atoms in total. The Morgan fingerprint density at radius 3 is 2.49 bits per heavy atom. The molecule has 3 aliphatic rings. The van der Waals surface area contributed by atoms with Crippen molar-refractivity contribution in [2.24, 2.45) is 0 Å². The maximum atomic E-state index is 13.2. The first-order chi connectivity index (χ1) is 20.0. The SMILES string of the molecule is CN1CCN(CC(=O)Nc2ccc(-c3cccc4c(=O)cc(N5CCOCC5)oc34)c3c2-c2ccccc2C3)CC1. The van der Waals surface area contributed by atoms with Gasteiger partial charge in [0.1, 0.15) is 5.58 Å². The van der Waals surface area contributed by atoms with Gasteiger partial charge in [-0.2, -0.15) is 0 Å². The Bertz CT molecular complexity index is 1680. The molecule has 7 rings (SSSR count). The summed E-state index contributed by atoms with van der Waals surface area (Å²) in [5.74, 6) is 0.575. The number of amides is 1. The number of hydrogen-bond donors (Lipinski definition) is 1. The number of ether oxygens (including phenoxy) is 1. The Morgan fingerprint density at radius 1 is 0.878 bits per heavy atom. The molecule has 4 aromatic rings. The van der Waals surface area contributed by atoms with E-state index in [9.17, 15) is 9.59 Å². The van der Waals surface area contributed by atoms with Gasteiger partial charge in [-0.15, -0.1) is 0 Å². The van der Waals surface area contributed by atoms with E-state index in [1.807, 2.05) is 30.3 Å². The van der Waals surface area contributed by atoms with Crippen molar-refractivity contribution in [2.75, 3.05) is 76.3 Å². The number of rotatable bonds is 5. The van der Waals surface area contributed by atoms with E-state index in [-0.39, 0.29) is 11.3 Å². The lowest BCUT2D eigenvalue weighted by atomic mass is 9.93. The Kier molecular flexibility index (Phi) is 6.82. The zero-order valence-electron chi connectivity index (χ0n) is 23.3. The van der Waals surface area contributed by atoms with E-state index in [4.69, 9.17) is 9.15 Å². The second-order valence-corrected chi connectivity index (χ2v) is 11.2. The molecule has 41 heavy (non-hydrogen) atoms. The molecule has 3 aromatic carbocycles. The van der Waals surface area contributed by atoms with Crippen molar-refractivity contribution in [1.82, 2.24) is 9.80 Å². The number of fused-ring (bicyclic) bond motifs is 4. The minimum Gasteiger partial charge on any atom is -0.440 e. The summed E-state index contributed by atoms with van der Waals surface area (Å²) in [7, 11) is 2.12. The maximum Gasteiger partial charge on any atom is 0.238 e. The molecule has 2 fully saturated rings. The summed E-state index contributed by atoms with van der Waals surface area (Å²) in [6, 6.07) is 19.8. The van der Waals surface area contributed by atoms with Crippen LogP contribution in [0.25, 0.3) is 33.2 Å². The van der Waals surface area contributed by atoms with E-state index in [1.165, 1.54) is 5.56 Å². The van der Waals surface area contributed by atoms with Crippen LogP contribution in [0.15, 0.2) is 69.9 Å². The topological polar surface area (TPSA) is 78.3 Å². The number of piperazine rings is 1. The number of hydrogen-bond acceptors (Lipinski definition) is 7. The fourth-order valence-corrected chi connectivity index (χ4v) is 6.32. The normalized spacial score (nSPS) is 17.4. The van der Waals surface area contributed by atoms with Gasteiger partial charge in [-0.1, -0.05) is 42.5 Å². The quantitative estimate of drug-likeness (QED) is 0.354. The van der Waals surface area contributed by atoms with Crippen LogP contribution in [-0.4, -0.2) is 81.8 Å². The van der Waals surface area contributed by atoms with Crippen LogP contribution in [0, 0.1) is 0 Å². The molecule has 1 aliphatic carbocycles. The summed E-state index contributed by atoms with van der Waals surface area (Å²) in [5.41, 5.74) is 7.80. The summed E-state index contributed by atoms with van der Waals surface area (Å²) in [6.07, 6.45) is 0.743. The lowest BCUT2D eigenvalue weighted by Crippen LogP contribution is -2.47. The predicted octanol–water partition coefficient (Wildman–Crippen LogP) is 4.05. The average molecular weight is 551 g/mol. The van der Waals surface area contributed by atoms with E-state index >= 15 is 0 Å². The van der Waals surface area contributed by atoms with Crippen molar-refractivity contribution in [3.8, 4) is 22.3 Å². The third-order valence-corrected chi connectivity index (χ3v) is 8.56.